The minimum Gasteiger partial charge on any atom is -0.504 e. The third-order valence-corrected chi connectivity index (χ3v) is 2.54. The van der Waals surface area contributed by atoms with E-state index in [2.05, 4.69) is 5.32 Å². The van der Waals surface area contributed by atoms with Crippen molar-refractivity contribution >= 4 is 17.5 Å². The monoisotopic (exact) mass is 288 g/mol. The zero-order chi connectivity index (χ0) is 14.3. The van der Waals surface area contributed by atoms with Crippen LogP contribution < -0.4 is 15.8 Å². The summed E-state index contributed by atoms with van der Waals surface area (Å²) in [4.78, 5) is 10.4. The van der Waals surface area contributed by atoms with Gasteiger partial charge in [0.15, 0.2) is 11.5 Å². The van der Waals surface area contributed by atoms with Gasteiger partial charge in [0.2, 0.25) is 5.91 Å². The Hall–Kier alpha value is -1.50. The highest BCUT2D eigenvalue weighted by atomic mass is 35.5. The quantitative estimate of drug-likeness (QED) is 0.611. The number of halogens is 1. The number of hydrogen-bond donors (Lipinski definition) is 3. The third-order valence-electron chi connectivity index (χ3n) is 2.32. The first-order valence-corrected chi connectivity index (χ1v) is 6.04. The van der Waals surface area contributed by atoms with E-state index in [1.165, 1.54) is 13.2 Å². The molecule has 0 aliphatic heterocycles. The SMILES string of the molecule is COc1cc(Cl)cc(CNCCOCC(N)=O)c1O. The van der Waals surface area contributed by atoms with Crippen molar-refractivity contribution in [1.29, 1.82) is 0 Å². The maximum Gasteiger partial charge on any atom is 0.243 e. The first kappa shape index (κ1) is 15.6. The molecule has 0 radical (unpaired) electrons. The molecule has 0 saturated heterocycles. The number of nitrogens with two attached hydrogens (primary N) is 1. The highest BCUT2D eigenvalue weighted by Gasteiger charge is 2.09. The predicted molar refractivity (Wildman–Crippen MR) is 71.4 cm³/mol. The first-order valence-electron chi connectivity index (χ1n) is 5.66. The summed E-state index contributed by atoms with van der Waals surface area (Å²) < 4.78 is 9.98. The Morgan fingerprint density at radius 1 is 1.53 bits per heavy atom. The lowest BCUT2D eigenvalue weighted by Crippen LogP contribution is -2.23. The van der Waals surface area contributed by atoms with Crippen LogP contribution >= 0.6 is 11.6 Å². The number of methoxy groups -OCH3 is 1. The molecule has 0 unspecified atom stereocenters. The van der Waals surface area contributed by atoms with E-state index in [1.807, 2.05) is 0 Å². The zero-order valence-electron chi connectivity index (χ0n) is 10.6. The molecule has 0 atom stereocenters. The summed E-state index contributed by atoms with van der Waals surface area (Å²) in [5.74, 6) is -0.121. The van der Waals surface area contributed by atoms with Crippen LogP contribution in [0, 0.1) is 0 Å². The van der Waals surface area contributed by atoms with Crippen molar-refractivity contribution < 1.29 is 19.4 Å². The summed E-state index contributed by atoms with van der Waals surface area (Å²) in [6.45, 7) is 1.17. The van der Waals surface area contributed by atoms with Crippen LogP contribution in [-0.2, 0) is 16.1 Å². The Labute approximate surface area is 116 Å². The molecule has 4 N–H and O–H groups in total. The van der Waals surface area contributed by atoms with Crippen molar-refractivity contribution in [2.45, 2.75) is 6.54 Å². The number of rotatable bonds is 8. The lowest BCUT2D eigenvalue weighted by molar-refractivity contribution is -0.122. The first-order chi connectivity index (χ1) is 9.04. The second-order valence-electron chi connectivity index (χ2n) is 3.81. The van der Waals surface area contributed by atoms with E-state index in [0.717, 1.165) is 0 Å². The molecule has 1 aromatic carbocycles. The van der Waals surface area contributed by atoms with Gasteiger partial charge in [-0.2, -0.15) is 0 Å². The molecule has 1 aromatic rings. The summed E-state index contributed by atoms with van der Waals surface area (Å²) in [6.07, 6.45) is 0. The minimum atomic E-state index is -0.503. The van der Waals surface area contributed by atoms with E-state index in [1.54, 1.807) is 6.07 Å². The van der Waals surface area contributed by atoms with Crippen molar-refractivity contribution in [2.24, 2.45) is 5.73 Å². The van der Waals surface area contributed by atoms with Crippen molar-refractivity contribution in [3.8, 4) is 11.5 Å². The highest BCUT2D eigenvalue weighted by molar-refractivity contribution is 6.30. The molecule has 0 aromatic heterocycles. The average molecular weight is 289 g/mol. The van der Waals surface area contributed by atoms with Gasteiger partial charge in [0.25, 0.3) is 0 Å². The lowest BCUT2D eigenvalue weighted by atomic mass is 10.2. The smallest absolute Gasteiger partial charge is 0.243 e. The summed E-state index contributed by atoms with van der Waals surface area (Å²) in [7, 11) is 1.46. The summed E-state index contributed by atoms with van der Waals surface area (Å²) >= 11 is 5.90. The molecule has 19 heavy (non-hydrogen) atoms. The number of benzene rings is 1. The number of primary amides is 1. The van der Waals surface area contributed by atoms with Crippen molar-refractivity contribution in [2.75, 3.05) is 26.9 Å². The maximum absolute atomic E-state index is 10.4. The number of carbonyl (C=O) groups excluding carboxylic acids is 1. The Morgan fingerprint density at radius 2 is 2.26 bits per heavy atom. The molecule has 106 valence electrons. The Kier molecular flexibility index (Phi) is 6.41. The number of phenols is 1. The van der Waals surface area contributed by atoms with Crippen LogP contribution in [0.15, 0.2) is 12.1 Å². The molecule has 1 rings (SSSR count). The maximum atomic E-state index is 10.4. The van der Waals surface area contributed by atoms with E-state index in [9.17, 15) is 9.90 Å². The van der Waals surface area contributed by atoms with Crippen LogP contribution in [0.5, 0.6) is 11.5 Å². The summed E-state index contributed by atoms with van der Waals surface area (Å²) in [5, 5.41) is 13.4. The highest BCUT2D eigenvalue weighted by Crippen LogP contribution is 2.33. The second-order valence-corrected chi connectivity index (χ2v) is 4.25. The molecule has 0 bridgehead atoms. The Balaban J connectivity index is 2.41. The van der Waals surface area contributed by atoms with Crippen molar-refractivity contribution in [1.82, 2.24) is 5.32 Å². The van der Waals surface area contributed by atoms with E-state index in [-0.39, 0.29) is 12.4 Å². The fourth-order valence-electron chi connectivity index (χ4n) is 1.46. The predicted octanol–water partition coefficient (Wildman–Crippen LogP) is 0.646. The minimum absolute atomic E-state index is 0.0532. The van der Waals surface area contributed by atoms with Gasteiger partial charge < -0.3 is 25.6 Å². The lowest BCUT2D eigenvalue weighted by Gasteiger charge is -2.11. The number of ether oxygens (including phenoxy) is 2. The molecule has 1 amide bonds. The van der Waals surface area contributed by atoms with Gasteiger partial charge in [-0.15, -0.1) is 0 Å². The third kappa shape index (κ3) is 5.34. The van der Waals surface area contributed by atoms with Crippen LogP contribution in [0.2, 0.25) is 5.02 Å². The van der Waals surface area contributed by atoms with Crippen molar-refractivity contribution in [3.05, 3.63) is 22.7 Å². The van der Waals surface area contributed by atoms with Gasteiger partial charge in [-0.3, -0.25) is 4.79 Å². The van der Waals surface area contributed by atoms with Gasteiger partial charge in [0, 0.05) is 29.7 Å². The van der Waals surface area contributed by atoms with E-state index >= 15 is 0 Å². The van der Waals surface area contributed by atoms with Gasteiger partial charge in [-0.25, -0.2) is 0 Å². The van der Waals surface area contributed by atoms with E-state index in [4.69, 9.17) is 26.8 Å². The number of aromatic hydroxyl groups is 1. The van der Waals surface area contributed by atoms with Gasteiger partial charge in [0.05, 0.1) is 13.7 Å². The van der Waals surface area contributed by atoms with Crippen LogP contribution in [0.4, 0.5) is 0 Å². The Morgan fingerprint density at radius 3 is 2.89 bits per heavy atom. The number of phenolic OH excluding ortho intramolecular Hbond substituents is 1. The van der Waals surface area contributed by atoms with Gasteiger partial charge in [-0.05, 0) is 6.07 Å². The van der Waals surface area contributed by atoms with Crippen LogP contribution in [-0.4, -0.2) is 37.9 Å². The van der Waals surface area contributed by atoms with E-state index < -0.39 is 5.91 Å². The second kappa shape index (κ2) is 7.83. The molecule has 7 heteroatoms. The Bertz CT molecular complexity index is 440. The number of nitrogens with one attached hydrogen (secondary N) is 1. The number of carbonyl (C=O) groups is 1. The molecule has 0 saturated carbocycles. The zero-order valence-corrected chi connectivity index (χ0v) is 11.4. The number of hydrogen-bond acceptors (Lipinski definition) is 5. The molecular formula is C12H17ClN2O4. The van der Waals surface area contributed by atoms with Crippen molar-refractivity contribution in [3.63, 3.8) is 0 Å². The fraction of sp³-hybridized carbons (Fsp3) is 0.417. The molecule has 6 nitrogen and oxygen atoms in total. The van der Waals surface area contributed by atoms with Gasteiger partial charge >= 0.3 is 0 Å². The molecule has 0 spiro atoms. The molecule has 0 aliphatic rings. The molecule has 0 fully saturated rings. The summed E-state index contributed by atoms with van der Waals surface area (Å²) in [6, 6.07) is 3.19. The van der Waals surface area contributed by atoms with Crippen LogP contribution in [0.25, 0.3) is 0 Å². The van der Waals surface area contributed by atoms with Crippen LogP contribution in [0.1, 0.15) is 5.56 Å². The van der Waals surface area contributed by atoms with Crippen LogP contribution in [0.3, 0.4) is 0 Å². The van der Waals surface area contributed by atoms with Gasteiger partial charge in [-0.1, -0.05) is 11.6 Å². The summed E-state index contributed by atoms with van der Waals surface area (Å²) in [5.41, 5.74) is 5.55. The van der Waals surface area contributed by atoms with E-state index in [0.29, 0.717) is 36.0 Å². The molecule has 0 heterocycles. The standard InChI is InChI=1S/C12H17ClN2O4/c1-18-10-5-9(13)4-8(12(10)17)6-15-2-3-19-7-11(14)16/h4-5,15,17H,2-3,6-7H2,1H3,(H2,14,16). The fourth-order valence-corrected chi connectivity index (χ4v) is 1.69. The molecule has 0 aliphatic carbocycles. The van der Waals surface area contributed by atoms with Gasteiger partial charge in [0.1, 0.15) is 6.61 Å². The topological polar surface area (TPSA) is 93.8 Å². The average Bonchev–Trinajstić information content (AvgIpc) is 2.36. The normalized spacial score (nSPS) is 10.4. The molecular weight excluding hydrogens is 272 g/mol. The largest absolute Gasteiger partial charge is 0.504 e. The number of amides is 1.